The van der Waals surface area contributed by atoms with Crippen LogP contribution >= 0.6 is 0 Å². The van der Waals surface area contributed by atoms with Crippen LogP contribution in [0, 0.1) is 5.82 Å². The third-order valence-electron chi connectivity index (χ3n) is 2.73. The van der Waals surface area contributed by atoms with Crippen LogP contribution in [0.5, 0.6) is 0 Å². The zero-order chi connectivity index (χ0) is 13.9. The second-order valence-corrected chi connectivity index (χ2v) is 7.30. The number of hydrogen-bond acceptors (Lipinski definition) is 2. The Kier molecular flexibility index (Phi) is 8.86. The van der Waals surface area contributed by atoms with Crippen LogP contribution in [0.3, 0.4) is 0 Å². The molecule has 0 aromatic heterocycles. The van der Waals surface area contributed by atoms with Gasteiger partial charge in [-0.2, -0.15) is 0 Å². The van der Waals surface area contributed by atoms with Crippen molar-refractivity contribution in [3.63, 3.8) is 0 Å². The van der Waals surface area contributed by atoms with E-state index in [1.807, 2.05) is 0 Å². The molecule has 0 atom stereocenters. The Morgan fingerprint density at radius 3 is 2.42 bits per heavy atom. The topological polar surface area (TPSA) is 26.3 Å². The molecule has 0 aliphatic carbocycles. The normalized spacial score (nSPS) is 10.4. The Morgan fingerprint density at radius 1 is 1.11 bits per heavy atom. The molecule has 0 amide bonds. The Labute approximate surface area is 124 Å². The minimum absolute atomic E-state index is 0.106. The van der Waals surface area contributed by atoms with E-state index in [2.05, 4.69) is 6.92 Å². The first-order valence-corrected chi connectivity index (χ1v) is 9.15. The molecule has 0 N–H and O–H groups in total. The fraction of sp³-hybridized carbons (Fsp3) is 0.533. The zero-order valence-corrected chi connectivity index (χ0v) is 13.7. The molecule has 1 aromatic rings. The molecule has 0 aliphatic heterocycles. The molecule has 4 heteroatoms. The third kappa shape index (κ3) is 8.23. The minimum atomic E-state index is -0.995. The van der Waals surface area contributed by atoms with Crippen molar-refractivity contribution < 1.29 is 13.9 Å². The average Bonchev–Trinajstić information content (AvgIpc) is 2.40. The molecular formula is C15H21FO2Te. The monoisotopic (exact) mass is 382 g/mol. The van der Waals surface area contributed by atoms with Crippen LogP contribution in [0.1, 0.15) is 45.4 Å². The molecule has 0 radical (unpaired) electrons. The number of unbranched alkanes of at least 4 members (excludes halogenated alkanes) is 5. The van der Waals surface area contributed by atoms with Gasteiger partial charge in [-0.15, -0.1) is 0 Å². The number of carbonyl (C=O) groups excluding carboxylic acids is 1. The first kappa shape index (κ1) is 16.5. The van der Waals surface area contributed by atoms with Gasteiger partial charge < -0.3 is 0 Å². The van der Waals surface area contributed by atoms with Gasteiger partial charge in [-0.1, -0.05) is 0 Å². The van der Waals surface area contributed by atoms with Crippen LogP contribution in [-0.4, -0.2) is 31.5 Å². The van der Waals surface area contributed by atoms with Crippen molar-refractivity contribution in [1.29, 1.82) is 0 Å². The summed E-state index contributed by atoms with van der Waals surface area (Å²) in [6.07, 6.45) is 7.11. The van der Waals surface area contributed by atoms with E-state index in [9.17, 15) is 9.18 Å². The van der Waals surface area contributed by atoms with E-state index < -0.39 is 20.9 Å². The first-order chi connectivity index (χ1) is 9.22. The van der Waals surface area contributed by atoms with Crippen molar-refractivity contribution in [2.75, 3.05) is 6.61 Å². The summed E-state index contributed by atoms with van der Waals surface area (Å²) in [5.41, 5.74) is 0. The quantitative estimate of drug-likeness (QED) is 0.483. The number of carbonyl (C=O) groups is 1. The van der Waals surface area contributed by atoms with Crippen molar-refractivity contribution in [2.24, 2.45) is 0 Å². The molecule has 0 unspecified atom stereocenters. The van der Waals surface area contributed by atoms with E-state index in [1.54, 1.807) is 12.1 Å². The Hall–Kier alpha value is -0.590. The maximum absolute atomic E-state index is 12.7. The van der Waals surface area contributed by atoms with Crippen LogP contribution in [0.4, 0.5) is 9.18 Å². The molecule has 0 spiro atoms. The van der Waals surface area contributed by atoms with Crippen molar-refractivity contribution in [2.45, 2.75) is 45.4 Å². The second-order valence-electron chi connectivity index (χ2n) is 4.42. The maximum atomic E-state index is 12.7. The Bertz CT molecular complexity index is 365. The van der Waals surface area contributed by atoms with Crippen molar-refractivity contribution in [3.8, 4) is 0 Å². The summed E-state index contributed by atoms with van der Waals surface area (Å²) in [7, 11) is 0. The second kappa shape index (κ2) is 10.2. The fourth-order valence-corrected chi connectivity index (χ4v) is 3.40. The van der Waals surface area contributed by atoms with E-state index in [0.29, 0.717) is 6.61 Å². The molecular weight excluding hydrogens is 359 g/mol. The number of ether oxygens (including phenoxy) is 1. The average molecular weight is 380 g/mol. The summed E-state index contributed by atoms with van der Waals surface area (Å²) in [5, 5.41) is 0. The standard InChI is InChI=1S/C15H21FO2Te/c1-2-3-4-5-6-7-12-18-15(17)19-14-10-8-13(16)9-11-14/h8-11H,2-7,12H2,1H3. The van der Waals surface area contributed by atoms with Crippen LogP contribution in [0.2, 0.25) is 0 Å². The van der Waals surface area contributed by atoms with Crippen LogP contribution in [0.25, 0.3) is 0 Å². The summed E-state index contributed by atoms with van der Waals surface area (Å²) in [6, 6.07) is 6.12. The van der Waals surface area contributed by atoms with Gasteiger partial charge in [-0.25, -0.2) is 0 Å². The van der Waals surface area contributed by atoms with Crippen molar-refractivity contribution >= 4 is 28.6 Å². The van der Waals surface area contributed by atoms with Gasteiger partial charge in [0.1, 0.15) is 0 Å². The van der Waals surface area contributed by atoms with Gasteiger partial charge in [0.25, 0.3) is 0 Å². The molecule has 106 valence electrons. The summed E-state index contributed by atoms with van der Waals surface area (Å²) in [6.45, 7) is 2.72. The van der Waals surface area contributed by atoms with Crippen LogP contribution < -0.4 is 3.61 Å². The zero-order valence-electron chi connectivity index (χ0n) is 11.4. The van der Waals surface area contributed by atoms with Gasteiger partial charge in [0.05, 0.1) is 0 Å². The molecule has 1 rings (SSSR count). The summed E-state index contributed by atoms with van der Waals surface area (Å²) >= 11 is -0.995. The van der Waals surface area contributed by atoms with E-state index >= 15 is 0 Å². The molecule has 0 bridgehead atoms. The predicted molar refractivity (Wildman–Crippen MR) is 76.5 cm³/mol. The SMILES string of the molecule is CCCCCCCCOC(=O)[Te]c1ccc(F)cc1. The van der Waals surface area contributed by atoms with Crippen LogP contribution in [0.15, 0.2) is 24.3 Å². The molecule has 0 fully saturated rings. The summed E-state index contributed by atoms with van der Waals surface area (Å²) < 4.78 is 18.7. The van der Waals surface area contributed by atoms with Gasteiger partial charge in [-0.05, 0) is 0 Å². The van der Waals surface area contributed by atoms with Crippen LogP contribution in [-0.2, 0) is 4.74 Å². The van der Waals surface area contributed by atoms with E-state index in [0.717, 1.165) is 16.5 Å². The Balaban J connectivity index is 2.06. The van der Waals surface area contributed by atoms with Crippen molar-refractivity contribution in [1.82, 2.24) is 0 Å². The third-order valence-corrected chi connectivity index (χ3v) is 4.99. The predicted octanol–water partition coefficient (Wildman–Crippen LogP) is 3.65. The molecule has 19 heavy (non-hydrogen) atoms. The van der Waals surface area contributed by atoms with Gasteiger partial charge in [0.2, 0.25) is 0 Å². The van der Waals surface area contributed by atoms with Gasteiger partial charge in [0, 0.05) is 0 Å². The fourth-order valence-electron chi connectivity index (χ4n) is 1.67. The number of hydrogen-bond donors (Lipinski definition) is 0. The van der Waals surface area contributed by atoms with E-state index in [1.165, 1.54) is 37.8 Å². The molecule has 0 aliphatic rings. The van der Waals surface area contributed by atoms with E-state index in [-0.39, 0.29) is 9.83 Å². The van der Waals surface area contributed by atoms with Gasteiger partial charge in [0.15, 0.2) is 0 Å². The molecule has 0 heterocycles. The van der Waals surface area contributed by atoms with E-state index in [4.69, 9.17) is 4.74 Å². The van der Waals surface area contributed by atoms with Crippen molar-refractivity contribution in [3.05, 3.63) is 30.1 Å². The summed E-state index contributed by atoms with van der Waals surface area (Å²) in [4.78, 5) is 11.6. The Morgan fingerprint density at radius 2 is 1.74 bits per heavy atom. The first-order valence-electron chi connectivity index (χ1n) is 6.82. The molecule has 0 saturated heterocycles. The number of rotatable bonds is 9. The molecule has 0 saturated carbocycles. The van der Waals surface area contributed by atoms with Gasteiger partial charge >= 0.3 is 125 Å². The van der Waals surface area contributed by atoms with Gasteiger partial charge in [-0.3, -0.25) is 0 Å². The molecule has 2 nitrogen and oxygen atoms in total. The molecule has 1 aromatic carbocycles. The number of benzene rings is 1. The number of halogens is 1. The summed E-state index contributed by atoms with van der Waals surface area (Å²) in [5.74, 6) is -0.267.